The van der Waals surface area contributed by atoms with E-state index in [0.717, 1.165) is 0 Å². The van der Waals surface area contributed by atoms with E-state index < -0.39 is 6.16 Å². The van der Waals surface area contributed by atoms with Crippen molar-refractivity contribution in [1.82, 2.24) is 0 Å². The van der Waals surface area contributed by atoms with Gasteiger partial charge < -0.3 is 10.2 Å². The summed E-state index contributed by atoms with van der Waals surface area (Å²) in [6.45, 7) is 0. The van der Waals surface area contributed by atoms with Gasteiger partial charge in [0.05, 0.1) is 0 Å². The summed E-state index contributed by atoms with van der Waals surface area (Å²) in [5.74, 6) is 0. The van der Waals surface area contributed by atoms with Crippen LogP contribution < -0.4 is 0 Å². The van der Waals surface area contributed by atoms with Gasteiger partial charge in [-0.05, 0) is 0 Å². The number of aliphatic hydroxyl groups is 2. The van der Waals surface area contributed by atoms with Crippen LogP contribution >= 0.6 is 0 Å². The molecule has 1 rings (SSSR count). The Labute approximate surface area is 138 Å². The smallest absolute Gasteiger partial charge is 0 e. The molecule has 0 aliphatic carbocycles. The van der Waals surface area contributed by atoms with E-state index in [-0.39, 0.29) is 115 Å². The minimum atomic E-state index is -2.25. The Hall–Kier alpha value is 3.70. The van der Waals surface area contributed by atoms with Crippen LogP contribution in [0.3, 0.4) is 0 Å². The second-order valence-corrected chi connectivity index (χ2v) is 0.715. The van der Waals surface area contributed by atoms with Crippen molar-refractivity contribution in [3.8, 4) is 0 Å². The number of hydrogen-bond donors (Lipinski definition) is 2. The van der Waals surface area contributed by atoms with Crippen LogP contribution in [0, 0.1) is 0 Å². The maximum atomic E-state index is 7.74. The summed E-state index contributed by atoms with van der Waals surface area (Å²) in [4.78, 5) is 7.01. The molecule has 1 aliphatic rings. The third kappa shape index (κ3) is 14.5. The van der Waals surface area contributed by atoms with Gasteiger partial charge in [0.25, 0.3) is 0 Å². The van der Waals surface area contributed by atoms with Crippen molar-refractivity contribution in [2.45, 2.75) is 6.16 Å². The zero-order valence-corrected chi connectivity index (χ0v) is 7.23. The summed E-state index contributed by atoms with van der Waals surface area (Å²) >= 11 is 0. The molecule has 44 valence electrons. The van der Waals surface area contributed by atoms with E-state index in [1.807, 2.05) is 0 Å². The third-order valence-electron chi connectivity index (χ3n) is 0.232. The van der Waals surface area contributed by atoms with Crippen molar-refractivity contribution in [3.63, 3.8) is 0 Å². The van der Waals surface area contributed by atoms with E-state index in [0.29, 0.717) is 0 Å². The molecule has 1 saturated heterocycles. The summed E-state index contributed by atoms with van der Waals surface area (Å²) in [6, 6.07) is 0. The summed E-state index contributed by atoms with van der Waals surface area (Å²) < 4.78 is 0. The Morgan fingerprint density at radius 1 is 1.11 bits per heavy atom. The standard InChI is InChI=1S/CH2O4.Ca.Na.Ti.Zr.3H/c2-1(3)4-5-1;;;;;;;/h2-3H;;;;;;;. The number of hydrogen-bond acceptors (Lipinski definition) is 4. The van der Waals surface area contributed by atoms with Crippen LogP contribution in [0.1, 0.15) is 0 Å². The third-order valence-corrected chi connectivity index (χ3v) is 0.232. The quantitative estimate of drug-likeness (QED) is 0.215. The molecule has 0 unspecified atom stereocenters. The molecular formula is CH5CaNaO4TiZr. The molecule has 0 spiro atoms. The first-order chi connectivity index (χ1) is 2.21. The molecule has 0 atom stereocenters. The zero-order valence-electron chi connectivity index (χ0n) is 3.21. The van der Waals surface area contributed by atoms with E-state index in [4.69, 9.17) is 10.2 Å². The van der Waals surface area contributed by atoms with Crippen LogP contribution in [0.15, 0.2) is 0 Å². The predicted molar refractivity (Wildman–Crippen MR) is 25.0 cm³/mol. The maximum Gasteiger partial charge on any atom is 0 e. The molecule has 0 aromatic heterocycles. The van der Waals surface area contributed by atoms with Gasteiger partial charge >= 0.3 is 73.5 Å². The van der Waals surface area contributed by atoms with Gasteiger partial charge in [-0.2, -0.15) is 0 Å². The van der Waals surface area contributed by atoms with Crippen molar-refractivity contribution in [2.24, 2.45) is 0 Å². The fourth-order valence-electron chi connectivity index (χ4n) is 0.0373. The summed E-state index contributed by atoms with van der Waals surface area (Å²) in [6.07, 6.45) is -2.25. The fourth-order valence-corrected chi connectivity index (χ4v) is 0.0373. The zero-order chi connectivity index (χ0) is 3.91. The normalized spacial score (nSPS) is 16.7. The fraction of sp³-hybridized carbons (Fsp3) is 1.00. The minimum Gasteiger partial charge on any atom is 0 e. The van der Waals surface area contributed by atoms with E-state index in [9.17, 15) is 0 Å². The van der Waals surface area contributed by atoms with E-state index >= 15 is 0 Å². The van der Waals surface area contributed by atoms with Crippen LogP contribution in [0.25, 0.3) is 0 Å². The molecular weight excluding hydrogens is 278 g/mol. The molecule has 0 radical (unpaired) electrons. The summed E-state index contributed by atoms with van der Waals surface area (Å²) in [7, 11) is 0. The summed E-state index contributed by atoms with van der Waals surface area (Å²) in [5, 5.41) is 15.5. The SMILES string of the molecule is OC1(O)OO1.[CaH2].[NaH].[Ti].[Zr]. The van der Waals surface area contributed by atoms with Crippen molar-refractivity contribution in [1.29, 1.82) is 0 Å². The Balaban J connectivity index is -0.0000000312. The van der Waals surface area contributed by atoms with Gasteiger partial charge in [-0.3, -0.25) is 0 Å². The van der Waals surface area contributed by atoms with Crippen LogP contribution in [0.4, 0.5) is 0 Å². The molecule has 4 nitrogen and oxygen atoms in total. The van der Waals surface area contributed by atoms with Crippen LogP contribution in [-0.4, -0.2) is 83.7 Å². The molecule has 0 aromatic rings. The van der Waals surface area contributed by atoms with Crippen molar-refractivity contribution >= 4 is 67.3 Å². The largest absolute Gasteiger partial charge is 0 e. The Morgan fingerprint density at radius 3 is 1.22 bits per heavy atom. The topological polar surface area (TPSA) is 65.5 Å². The molecule has 0 amide bonds. The van der Waals surface area contributed by atoms with Crippen LogP contribution in [0.5, 0.6) is 0 Å². The van der Waals surface area contributed by atoms with Gasteiger partial charge in [-0.15, -0.1) is 9.78 Å². The summed E-state index contributed by atoms with van der Waals surface area (Å²) in [5.41, 5.74) is 0. The maximum absolute atomic E-state index is 7.74. The molecule has 0 bridgehead atoms. The van der Waals surface area contributed by atoms with Crippen molar-refractivity contribution in [3.05, 3.63) is 0 Å². The van der Waals surface area contributed by atoms with Crippen molar-refractivity contribution < 1.29 is 67.9 Å². The average molecular weight is 283 g/mol. The molecule has 8 heteroatoms. The first-order valence-corrected chi connectivity index (χ1v) is 1.02. The van der Waals surface area contributed by atoms with E-state index in [2.05, 4.69) is 9.78 Å². The van der Waals surface area contributed by atoms with Crippen LogP contribution in [0.2, 0.25) is 0 Å². The second kappa shape index (κ2) is 9.78. The van der Waals surface area contributed by atoms with Gasteiger partial charge in [0.1, 0.15) is 0 Å². The Morgan fingerprint density at radius 2 is 1.22 bits per heavy atom. The minimum absolute atomic E-state index is 0. The monoisotopic (exact) mass is 282 g/mol. The molecule has 0 aromatic carbocycles. The molecule has 9 heavy (non-hydrogen) atoms. The predicted octanol–water partition coefficient (Wildman–Crippen LogP) is -3.03. The second-order valence-electron chi connectivity index (χ2n) is 0.715. The van der Waals surface area contributed by atoms with Gasteiger partial charge in [-0.1, -0.05) is 0 Å². The van der Waals surface area contributed by atoms with Gasteiger partial charge in [0.15, 0.2) is 0 Å². The average Bonchev–Trinajstić information content (AvgIpc) is 1.76. The molecule has 1 aliphatic heterocycles. The first kappa shape index (κ1) is 23.0. The molecule has 1 fully saturated rings. The van der Waals surface area contributed by atoms with Gasteiger partial charge in [-0.25, -0.2) is 0 Å². The van der Waals surface area contributed by atoms with Gasteiger partial charge in [0.2, 0.25) is 0 Å². The Bertz CT molecular complexity index is 58.5. The number of rotatable bonds is 0. The van der Waals surface area contributed by atoms with Gasteiger partial charge in [0, 0.05) is 47.9 Å². The Kier molecular flexibility index (Phi) is 25.0. The van der Waals surface area contributed by atoms with E-state index in [1.165, 1.54) is 0 Å². The molecule has 1 heterocycles. The van der Waals surface area contributed by atoms with E-state index in [1.54, 1.807) is 0 Å². The molecule has 2 N–H and O–H groups in total. The molecule has 0 saturated carbocycles. The van der Waals surface area contributed by atoms with Crippen molar-refractivity contribution in [2.75, 3.05) is 0 Å². The first-order valence-electron chi connectivity index (χ1n) is 1.02. The van der Waals surface area contributed by atoms with Crippen LogP contribution in [-0.2, 0) is 57.7 Å².